The minimum absolute atomic E-state index is 0.0988. The smallest absolute Gasteiger partial charge is 0.387 e. The molecule has 0 saturated carbocycles. The Kier molecular flexibility index (Phi) is 8.99. The number of halogens is 2. The fourth-order valence-electron chi connectivity index (χ4n) is 3.60. The zero-order chi connectivity index (χ0) is 25.4. The van der Waals surface area contributed by atoms with Crippen molar-refractivity contribution in [3.63, 3.8) is 0 Å². The second-order valence-corrected chi connectivity index (χ2v) is 9.54. The van der Waals surface area contributed by atoms with Gasteiger partial charge in [-0.1, -0.05) is 0 Å². The lowest BCUT2D eigenvalue weighted by molar-refractivity contribution is -0.126. The van der Waals surface area contributed by atoms with E-state index in [4.69, 9.17) is 9.47 Å². The first-order chi connectivity index (χ1) is 16.7. The molecule has 2 aromatic carbocycles. The van der Waals surface area contributed by atoms with E-state index in [1.54, 1.807) is 12.1 Å². The van der Waals surface area contributed by atoms with E-state index in [-0.39, 0.29) is 35.4 Å². The summed E-state index contributed by atoms with van der Waals surface area (Å²) in [5.74, 6) is -0.144. The summed E-state index contributed by atoms with van der Waals surface area (Å²) in [5.41, 5.74) is 2.95. The van der Waals surface area contributed by atoms with E-state index < -0.39 is 22.6 Å². The molecule has 3 rings (SSSR count). The fraction of sp³-hybridized carbons (Fsp3) is 0.391. The Morgan fingerprint density at radius 2 is 1.86 bits per heavy atom. The molecule has 0 unspecified atom stereocenters. The molecule has 1 aliphatic rings. The highest BCUT2D eigenvalue weighted by Crippen LogP contribution is 2.29. The Morgan fingerprint density at radius 1 is 1.17 bits per heavy atom. The van der Waals surface area contributed by atoms with Gasteiger partial charge in [0.1, 0.15) is 5.75 Å². The summed E-state index contributed by atoms with van der Waals surface area (Å²) in [6.45, 7) is -0.230. The van der Waals surface area contributed by atoms with Crippen molar-refractivity contribution in [3.8, 4) is 17.2 Å². The first kappa shape index (κ1) is 26.4. The lowest BCUT2D eigenvalue weighted by atomic mass is 9.98. The van der Waals surface area contributed by atoms with Crippen LogP contribution in [0.25, 0.3) is 0 Å². The number of carbonyl (C=O) groups is 1. The van der Waals surface area contributed by atoms with Gasteiger partial charge in [-0.25, -0.2) is 13.8 Å². The number of carbonyl (C=O) groups excluding carboxylic acids is 1. The van der Waals surface area contributed by atoms with Gasteiger partial charge >= 0.3 is 6.61 Å². The van der Waals surface area contributed by atoms with Crippen LogP contribution in [0.4, 0.5) is 8.78 Å². The van der Waals surface area contributed by atoms with E-state index in [2.05, 4.69) is 15.3 Å². The van der Waals surface area contributed by atoms with Gasteiger partial charge in [0.05, 0.1) is 24.8 Å². The van der Waals surface area contributed by atoms with Gasteiger partial charge in [-0.15, -0.1) is 0 Å². The normalized spacial score (nSPS) is 15.3. The third-order valence-electron chi connectivity index (χ3n) is 5.39. The largest absolute Gasteiger partial charge is 0.494 e. The number of nitrogens with zero attached hydrogens (tertiary/aromatic N) is 2. The van der Waals surface area contributed by atoms with Crippen molar-refractivity contribution < 1.29 is 36.2 Å². The first-order valence-electron chi connectivity index (χ1n) is 10.9. The van der Waals surface area contributed by atoms with Crippen LogP contribution in [0.3, 0.4) is 0 Å². The number of benzene rings is 2. The molecule has 9 nitrogen and oxygen atoms in total. The fourth-order valence-corrected chi connectivity index (χ4v) is 5.07. The molecule has 0 aromatic heterocycles. The maximum Gasteiger partial charge on any atom is 0.387 e. The summed E-state index contributed by atoms with van der Waals surface area (Å²) in [6, 6.07) is 10.5. The van der Waals surface area contributed by atoms with E-state index in [0.29, 0.717) is 30.8 Å². The van der Waals surface area contributed by atoms with E-state index in [9.17, 15) is 22.0 Å². The summed E-state index contributed by atoms with van der Waals surface area (Å²) in [7, 11) is -2.35. The quantitative estimate of drug-likeness (QED) is 0.388. The number of hydrazone groups is 1. The number of hydrogen-bond acceptors (Lipinski definition) is 7. The molecule has 2 aromatic rings. The zero-order valence-corrected chi connectivity index (χ0v) is 20.1. The lowest BCUT2D eigenvalue weighted by Gasteiger charge is -2.30. The Labute approximate surface area is 202 Å². The highest BCUT2D eigenvalue weighted by Gasteiger charge is 2.32. The van der Waals surface area contributed by atoms with Gasteiger partial charge < -0.3 is 14.2 Å². The predicted octanol–water partition coefficient (Wildman–Crippen LogP) is 3.25. The van der Waals surface area contributed by atoms with Crippen LogP contribution in [0, 0.1) is 5.92 Å². The Balaban J connectivity index is 1.53. The molecule has 35 heavy (non-hydrogen) atoms. The molecular weight excluding hydrogens is 484 g/mol. The maximum atomic E-state index is 12.9. The maximum absolute atomic E-state index is 12.9. The van der Waals surface area contributed by atoms with Crippen molar-refractivity contribution in [2.75, 3.05) is 26.8 Å². The lowest BCUT2D eigenvalue weighted by Crippen LogP contribution is -2.42. The summed E-state index contributed by atoms with van der Waals surface area (Å²) in [4.78, 5) is 12.7. The number of alkyl halides is 2. The summed E-state index contributed by atoms with van der Waals surface area (Å²) in [6.07, 6.45) is 2.05. The Bertz CT molecular complexity index is 1130. The minimum Gasteiger partial charge on any atom is -0.494 e. The standard InChI is InChI=1S/C23H27F2N3O6S/c1-3-33-18-5-7-19(8-6-18)35(30,31)28-12-10-17(11-13-28)22(29)27-26-15-16-4-9-20(34-23(24)25)21(14-16)32-2/h4-9,14-15,17,23H,3,10-13H2,1-2H3,(H,27,29)/b26-15+. The molecule has 0 bridgehead atoms. The summed E-state index contributed by atoms with van der Waals surface area (Å²) < 4.78 is 66.8. The van der Waals surface area contributed by atoms with E-state index in [1.165, 1.54) is 48.0 Å². The van der Waals surface area contributed by atoms with Crippen LogP contribution >= 0.6 is 0 Å². The monoisotopic (exact) mass is 511 g/mol. The summed E-state index contributed by atoms with van der Waals surface area (Å²) in [5, 5.41) is 3.91. The molecule has 190 valence electrons. The van der Waals surface area contributed by atoms with Crippen molar-refractivity contribution in [3.05, 3.63) is 48.0 Å². The average molecular weight is 512 g/mol. The third-order valence-corrected chi connectivity index (χ3v) is 7.30. The number of ether oxygens (including phenoxy) is 3. The van der Waals surface area contributed by atoms with Crippen molar-refractivity contribution >= 4 is 22.1 Å². The molecule has 12 heteroatoms. The second kappa shape index (κ2) is 11.9. The van der Waals surface area contributed by atoms with E-state index in [0.717, 1.165) is 0 Å². The van der Waals surface area contributed by atoms with Gasteiger partial charge in [0.15, 0.2) is 11.5 Å². The van der Waals surface area contributed by atoms with Gasteiger partial charge in [-0.05, 0) is 67.8 Å². The Morgan fingerprint density at radius 3 is 2.46 bits per heavy atom. The number of rotatable bonds is 10. The van der Waals surface area contributed by atoms with Crippen LogP contribution in [0.5, 0.6) is 17.2 Å². The van der Waals surface area contributed by atoms with E-state index in [1.807, 2.05) is 6.92 Å². The van der Waals surface area contributed by atoms with Crippen LogP contribution in [0.15, 0.2) is 52.5 Å². The number of nitrogens with one attached hydrogen (secondary N) is 1. The molecule has 0 radical (unpaired) electrons. The second-order valence-electron chi connectivity index (χ2n) is 7.61. The third kappa shape index (κ3) is 6.89. The van der Waals surface area contributed by atoms with Crippen molar-refractivity contribution in [2.24, 2.45) is 11.0 Å². The Hall–Kier alpha value is -3.25. The topological polar surface area (TPSA) is 107 Å². The van der Waals surface area contributed by atoms with Gasteiger partial charge in [-0.3, -0.25) is 4.79 Å². The SMILES string of the molecule is CCOc1ccc(S(=O)(=O)N2CCC(C(=O)N/N=C/c3ccc(OC(F)F)c(OC)c3)CC2)cc1. The van der Waals surface area contributed by atoms with Crippen LogP contribution < -0.4 is 19.6 Å². The molecule has 1 saturated heterocycles. The van der Waals surface area contributed by atoms with Gasteiger partial charge in [0, 0.05) is 19.0 Å². The molecule has 1 fully saturated rings. The number of amides is 1. The number of methoxy groups -OCH3 is 1. The number of hydrogen-bond donors (Lipinski definition) is 1. The van der Waals surface area contributed by atoms with E-state index >= 15 is 0 Å². The average Bonchev–Trinajstić information content (AvgIpc) is 2.85. The van der Waals surface area contributed by atoms with Crippen LogP contribution in [-0.2, 0) is 14.8 Å². The van der Waals surface area contributed by atoms with Crippen LogP contribution in [-0.4, -0.2) is 58.3 Å². The molecule has 0 spiro atoms. The van der Waals surface area contributed by atoms with Crippen LogP contribution in [0.2, 0.25) is 0 Å². The molecule has 0 aliphatic carbocycles. The molecule has 0 atom stereocenters. The van der Waals surface area contributed by atoms with Crippen molar-refractivity contribution in [1.29, 1.82) is 0 Å². The number of piperidine rings is 1. The first-order valence-corrected chi connectivity index (χ1v) is 12.4. The highest BCUT2D eigenvalue weighted by atomic mass is 32.2. The molecule has 1 amide bonds. The molecule has 1 heterocycles. The molecule has 1 aliphatic heterocycles. The highest BCUT2D eigenvalue weighted by molar-refractivity contribution is 7.89. The summed E-state index contributed by atoms with van der Waals surface area (Å²) >= 11 is 0. The van der Waals surface area contributed by atoms with Gasteiger partial charge in [-0.2, -0.15) is 18.2 Å². The minimum atomic E-state index is -3.67. The zero-order valence-electron chi connectivity index (χ0n) is 19.3. The molecular formula is C23H27F2N3O6S. The predicted molar refractivity (Wildman–Crippen MR) is 124 cm³/mol. The van der Waals surface area contributed by atoms with Gasteiger partial charge in [0.25, 0.3) is 0 Å². The molecule has 1 N–H and O–H groups in total. The van der Waals surface area contributed by atoms with Gasteiger partial charge in [0.2, 0.25) is 15.9 Å². The van der Waals surface area contributed by atoms with Crippen molar-refractivity contribution in [1.82, 2.24) is 9.73 Å². The van der Waals surface area contributed by atoms with Crippen molar-refractivity contribution in [2.45, 2.75) is 31.3 Å². The van der Waals surface area contributed by atoms with Crippen LogP contribution in [0.1, 0.15) is 25.3 Å². The number of sulfonamides is 1.